The molecule has 98 valence electrons. The van der Waals surface area contributed by atoms with Crippen molar-refractivity contribution in [3.05, 3.63) is 64.4 Å². The molecule has 0 fully saturated rings. The van der Waals surface area contributed by atoms with E-state index in [1.165, 1.54) is 0 Å². The van der Waals surface area contributed by atoms with Crippen LogP contribution in [0.5, 0.6) is 0 Å². The molecule has 0 bridgehead atoms. The van der Waals surface area contributed by atoms with Crippen LogP contribution in [0.3, 0.4) is 0 Å². The van der Waals surface area contributed by atoms with Crippen molar-refractivity contribution in [2.75, 3.05) is 0 Å². The Balaban J connectivity index is 2.16. The summed E-state index contributed by atoms with van der Waals surface area (Å²) in [6.45, 7) is 3.97. The maximum atomic E-state index is 12.1. The number of amides is 1. The summed E-state index contributed by atoms with van der Waals surface area (Å²) >= 11 is 5.91. The maximum Gasteiger partial charge on any atom is 0.254 e. The number of hydrogen-bond donors (Lipinski definition) is 1. The first-order valence-corrected chi connectivity index (χ1v) is 6.44. The lowest BCUT2D eigenvalue weighted by Crippen LogP contribution is -2.27. The number of nitrogens with zero attached hydrogens (tertiary/aromatic N) is 1. The van der Waals surface area contributed by atoms with Crippen LogP contribution in [0.1, 0.15) is 34.5 Å². The minimum Gasteiger partial charge on any atom is -0.345 e. The molecule has 1 aromatic heterocycles. The Bertz CT molecular complexity index is 598. The van der Waals surface area contributed by atoms with Crippen LogP contribution in [-0.4, -0.2) is 10.9 Å². The van der Waals surface area contributed by atoms with Crippen LogP contribution in [-0.2, 0) is 0 Å². The van der Waals surface area contributed by atoms with E-state index in [1.54, 1.807) is 18.3 Å². The van der Waals surface area contributed by atoms with Crippen LogP contribution in [0, 0.1) is 6.92 Å². The first kappa shape index (κ1) is 13.6. The second-order valence-corrected chi connectivity index (χ2v) is 4.75. The summed E-state index contributed by atoms with van der Waals surface area (Å²) in [7, 11) is 0. The molecular weight excluding hydrogens is 260 g/mol. The fourth-order valence-corrected chi connectivity index (χ4v) is 2.19. The van der Waals surface area contributed by atoms with Gasteiger partial charge in [0.25, 0.3) is 5.91 Å². The molecule has 0 saturated heterocycles. The quantitative estimate of drug-likeness (QED) is 0.870. The molecule has 19 heavy (non-hydrogen) atoms. The Morgan fingerprint density at radius 2 is 2.00 bits per heavy atom. The lowest BCUT2D eigenvalue weighted by atomic mass is 10.0. The van der Waals surface area contributed by atoms with Gasteiger partial charge in [-0.2, -0.15) is 0 Å². The largest absolute Gasteiger partial charge is 0.345 e. The monoisotopic (exact) mass is 274 g/mol. The maximum absolute atomic E-state index is 12.1. The number of hydrogen-bond acceptors (Lipinski definition) is 2. The number of carbonyl (C=O) groups excluding carboxylic acids is 1. The molecular formula is C15H15ClN2O. The second kappa shape index (κ2) is 5.85. The summed E-state index contributed by atoms with van der Waals surface area (Å²) < 4.78 is 0. The van der Waals surface area contributed by atoms with E-state index >= 15 is 0 Å². The number of aryl methyl sites for hydroxylation is 1. The van der Waals surface area contributed by atoms with Gasteiger partial charge in [-0.25, -0.2) is 4.98 Å². The summed E-state index contributed by atoms with van der Waals surface area (Å²) in [5.74, 6) is -0.214. The van der Waals surface area contributed by atoms with Gasteiger partial charge in [-0.1, -0.05) is 35.9 Å². The molecule has 1 N–H and O–H groups in total. The average Bonchev–Trinajstić information content (AvgIpc) is 2.39. The van der Waals surface area contributed by atoms with Gasteiger partial charge in [0, 0.05) is 6.20 Å². The van der Waals surface area contributed by atoms with Gasteiger partial charge >= 0.3 is 0 Å². The van der Waals surface area contributed by atoms with Crippen molar-refractivity contribution in [3.8, 4) is 0 Å². The van der Waals surface area contributed by atoms with E-state index < -0.39 is 0 Å². The van der Waals surface area contributed by atoms with Crippen molar-refractivity contribution in [3.63, 3.8) is 0 Å². The first-order chi connectivity index (χ1) is 9.09. The van der Waals surface area contributed by atoms with E-state index in [-0.39, 0.29) is 17.1 Å². The normalized spacial score (nSPS) is 11.9. The van der Waals surface area contributed by atoms with Crippen LogP contribution in [0.4, 0.5) is 0 Å². The molecule has 2 rings (SSSR count). The summed E-state index contributed by atoms with van der Waals surface area (Å²) in [5.41, 5.74) is 2.63. The first-order valence-electron chi connectivity index (χ1n) is 6.06. The third-order valence-corrected chi connectivity index (χ3v) is 3.31. The molecule has 1 heterocycles. The van der Waals surface area contributed by atoms with Gasteiger partial charge in [-0.05, 0) is 37.1 Å². The summed E-state index contributed by atoms with van der Waals surface area (Å²) in [4.78, 5) is 16.0. The zero-order valence-corrected chi connectivity index (χ0v) is 11.6. The van der Waals surface area contributed by atoms with Gasteiger partial charge in [-0.3, -0.25) is 4.79 Å². The zero-order valence-electron chi connectivity index (χ0n) is 10.9. The standard InChI is InChI=1S/C15H15ClN2O/c1-10-6-3-4-7-12(10)11(2)18-15(19)13-8-5-9-17-14(13)16/h3-9,11H,1-2H3,(H,18,19)/t11-/m0/s1. The van der Waals surface area contributed by atoms with Gasteiger partial charge in [0.05, 0.1) is 11.6 Å². The van der Waals surface area contributed by atoms with E-state index in [1.807, 2.05) is 38.1 Å². The SMILES string of the molecule is Cc1ccccc1[C@H](C)NC(=O)c1cccnc1Cl. The number of aromatic nitrogens is 1. The van der Waals surface area contributed by atoms with Crippen molar-refractivity contribution in [2.45, 2.75) is 19.9 Å². The molecule has 1 aromatic carbocycles. The van der Waals surface area contributed by atoms with E-state index in [0.29, 0.717) is 5.56 Å². The molecule has 1 amide bonds. The zero-order chi connectivity index (χ0) is 13.8. The van der Waals surface area contributed by atoms with Gasteiger partial charge in [0.15, 0.2) is 0 Å². The number of halogens is 1. The minimum absolute atomic E-state index is 0.0787. The topological polar surface area (TPSA) is 42.0 Å². The van der Waals surface area contributed by atoms with Crippen LogP contribution >= 0.6 is 11.6 Å². The highest BCUT2D eigenvalue weighted by Crippen LogP contribution is 2.18. The fourth-order valence-electron chi connectivity index (χ4n) is 1.98. The van der Waals surface area contributed by atoms with Gasteiger partial charge in [0.1, 0.15) is 5.15 Å². The van der Waals surface area contributed by atoms with Crippen molar-refractivity contribution < 1.29 is 4.79 Å². The molecule has 0 aliphatic rings. The third-order valence-electron chi connectivity index (χ3n) is 3.01. The van der Waals surface area contributed by atoms with Crippen LogP contribution in [0.15, 0.2) is 42.6 Å². The Morgan fingerprint density at radius 1 is 1.26 bits per heavy atom. The number of pyridine rings is 1. The highest BCUT2D eigenvalue weighted by atomic mass is 35.5. The number of carbonyl (C=O) groups is 1. The van der Waals surface area contributed by atoms with Crippen molar-refractivity contribution in [1.82, 2.24) is 10.3 Å². The van der Waals surface area contributed by atoms with E-state index in [2.05, 4.69) is 10.3 Å². The lowest BCUT2D eigenvalue weighted by molar-refractivity contribution is 0.0939. The molecule has 0 unspecified atom stereocenters. The molecule has 0 spiro atoms. The highest BCUT2D eigenvalue weighted by Gasteiger charge is 2.15. The molecule has 0 radical (unpaired) electrons. The van der Waals surface area contributed by atoms with E-state index in [0.717, 1.165) is 11.1 Å². The Hall–Kier alpha value is -1.87. The van der Waals surface area contributed by atoms with Crippen LogP contribution in [0.25, 0.3) is 0 Å². The Labute approximate surface area is 117 Å². The highest BCUT2D eigenvalue weighted by molar-refractivity contribution is 6.32. The molecule has 4 heteroatoms. The van der Waals surface area contributed by atoms with Crippen molar-refractivity contribution in [1.29, 1.82) is 0 Å². The van der Waals surface area contributed by atoms with Gasteiger partial charge in [0.2, 0.25) is 0 Å². The summed E-state index contributed by atoms with van der Waals surface area (Å²) in [6.07, 6.45) is 1.56. The summed E-state index contributed by atoms with van der Waals surface area (Å²) in [5, 5.41) is 3.15. The Morgan fingerprint density at radius 3 is 2.68 bits per heavy atom. The molecule has 3 nitrogen and oxygen atoms in total. The molecule has 0 saturated carbocycles. The molecule has 2 aromatic rings. The summed E-state index contributed by atoms with van der Waals surface area (Å²) in [6, 6.07) is 11.2. The van der Waals surface area contributed by atoms with E-state index in [9.17, 15) is 4.79 Å². The third kappa shape index (κ3) is 3.12. The Kier molecular flexibility index (Phi) is 4.17. The van der Waals surface area contributed by atoms with Crippen LogP contribution < -0.4 is 5.32 Å². The van der Waals surface area contributed by atoms with Crippen LogP contribution in [0.2, 0.25) is 5.15 Å². The number of benzene rings is 1. The molecule has 0 aliphatic heterocycles. The molecule has 0 aliphatic carbocycles. The number of nitrogens with one attached hydrogen (secondary N) is 1. The number of rotatable bonds is 3. The smallest absolute Gasteiger partial charge is 0.254 e. The lowest BCUT2D eigenvalue weighted by Gasteiger charge is -2.16. The fraction of sp³-hybridized carbons (Fsp3) is 0.200. The predicted molar refractivity (Wildman–Crippen MR) is 76.3 cm³/mol. The van der Waals surface area contributed by atoms with Crippen molar-refractivity contribution >= 4 is 17.5 Å². The van der Waals surface area contributed by atoms with Gasteiger partial charge < -0.3 is 5.32 Å². The molecule has 1 atom stereocenters. The van der Waals surface area contributed by atoms with Crippen molar-refractivity contribution in [2.24, 2.45) is 0 Å². The van der Waals surface area contributed by atoms with Gasteiger partial charge in [-0.15, -0.1) is 0 Å². The van der Waals surface area contributed by atoms with E-state index in [4.69, 9.17) is 11.6 Å². The predicted octanol–water partition coefficient (Wildman–Crippen LogP) is 3.53. The minimum atomic E-state index is -0.214. The average molecular weight is 275 g/mol. The second-order valence-electron chi connectivity index (χ2n) is 4.39.